The number of piperazine rings is 1. The van der Waals surface area contributed by atoms with Crippen LogP contribution in [0.1, 0.15) is 30.7 Å². The number of benzene rings is 1. The van der Waals surface area contributed by atoms with E-state index in [4.69, 9.17) is 4.74 Å². The number of allylic oxidation sites excluding steroid dienone is 1. The fraction of sp³-hybridized carbons (Fsp3) is 0.381. The number of hydrogen-bond donors (Lipinski definition) is 0. The van der Waals surface area contributed by atoms with Crippen LogP contribution in [-0.2, 0) is 4.74 Å². The van der Waals surface area contributed by atoms with E-state index in [9.17, 15) is 9.18 Å². The Hall–Kier alpha value is -2.96. The molecule has 1 amide bonds. The lowest BCUT2D eigenvalue weighted by atomic mass is 9.96. The fourth-order valence-corrected chi connectivity index (χ4v) is 3.45. The van der Waals surface area contributed by atoms with Crippen molar-refractivity contribution in [3.63, 3.8) is 0 Å². The summed E-state index contributed by atoms with van der Waals surface area (Å²) in [6, 6.07) is 6.71. The molecule has 1 aromatic carbocycles. The molecule has 0 N–H and O–H groups in total. The van der Waals surface area contributed by atoms with Crippen LogP contribution in [0.5, 0.6) is 0 Å². The molecular formula is C21H25FN4O2. The van der Waals surface area contributed by atoms with Gasteiger partial charge in [-0.2, -0.15) is 0 Å². The Morgan fingerprint density at radius 2 is 1.93 bits per heavy atom. The van der Waals surface area contributed by atoms with E-state index in [-0.39, 0.29) is 11.9 Å². The van der Waals surface area contributed by atoms with E-state index in [0.29, 0.717) is 38.3 Å². The molecule has 1 saturated heterocycles. The Kier molecular flexibility index (Phi) is 6.23. The van der Waals surface area contributed by atoms with E-state index in [1.807, 2.05) is 26.0 Å². The van der Waals surface area contributed by atoms with Gasteiger partial charge in [0.2, 0.25) is 0 Å². The molecule has 0 aliphatic carbocycles. The highest BCUT2D eigenvalue weighted by Crippen LogP contribution is 2.33. The summed E-state index contributed by atoms with van der Waals surface area (Å²) in [5.41, 5.74) is 2.89. The van der Waals surface area contributed by atoms with E-state index in [1.165, 1.54) is 12.4 Å². The zero-order valence-electron chi connectivity index (χ0n) is 16.5. The second kappa shape index (κ2) is 8.82. The molecule has 0 saturated carbocycles. The number of rotatable bonds is 4. The maximum absolute atomic E-state index is 14.5. The molecule has 0 radical (unpaired) electrons. The SMILES string of the molecule is C/C=C(/c1ccccc1F)c1c(C)ncnc1N1CCN(C(=O)OCC)CC1. The molecule has 6 nitrogen and oxygen atoms in total. The first-order valence-electron chi connectivity index (χ1n) is 9.46. The van der Waals surface area contributed by atoms with Crippen LogP contribution < -0.4 is 4.90 Å². The average molecular weight is 384 g/mol. The van der Waals surface area contributed by atoms with Crippen molar-refractivity contribution in [2.45, 2.75) is 20.8 Å². The van der Waals surface area contributed by atoms with Crippen molar-refractivity contribution in [3.05, 3.63) is 59.3 Å². The van der Waals surface area contributed by atoms with E-state index in [0.717, 1.165) is 22.6 Å². The minimum absolute atomic E-state index is 0.281. The summed E-state index contributed by atoms with van der Waals surface area (Å²) in [6.07, 6.45) is 3.13. The van der Waals surface area contributed by atoms with Gasteiger partial charge in [0.05, 0.1) is 12.3 Å². The molecule has 2 aromatic rings. The van der Waals surface area contributed by atoms with E-state index >= 15 is 0 Å². The van der Waals surface area contributed by atoms with Crippen molar-refractivity contribution in [1.82, 2.24) is 14.9 Å². The molecule has 3 rings (SSSR count). The Bertz CT molecular complexity index is 876. The van der Waals surface area contributed by atoms with Gasteiger partial charge in [-0.15, -0.1) is 0 Å². The van der Waals surface area contributed by atoms with E-state index in [1.54, 1.807) is 24.0 Å². The number of aryl methyl sites for hydroxylation is 1. The maximum atomic E-state index is 14.5. The quantitative estimate of drug-likeness (QED) is 0.805. The highest BCUT2D eigenvalue weighted by Gasteiger charge is 2.26. The molecule has 0 spiro atoms. The first-order chi connectivity index (χ1) is 13.6. The van der Waals surface area contributed by atoms with Gasteiger partial charge in [-0.05, 0) is 32.4 Å². The van der Waals surface area contributed by atoms with Crippen molar-refractivity contribution in [1.29, 1.82) is 0 Å². The molecule has 28 heavy (non-hydrogen) atoms. The Morgan fingerprint density at radius 3 is 2.57 bits per heavy atom. The van der Waals surface area contributed by atoms with Crippen LogP contribution in [-0.4, -0.2) is 53.7 Å². The first kappa shape index (κ1) is 19.8. The van der Waals surface area contributed by atoms with Gasteiger partial charge in [-0.3, -0.25) is 0 Å². The van der Waals surface area contributed by atoms with Crippen molar-refractivity contribution < 1.29 is 13.9 Å². The summed E-state index contributed by atoms with van der Waals surface area (Å²) < 4.78 is 19.6. The molecular weight excluding hydrogens is 359 g/mol. The number of carbonyl (C=O) groups is 1. The van der Waals surface area contributed by atoms with Crippen molar-refractivity contribution in [2.75, 3.05) is 37.7 Å². The predicted molar refractivity (Wildman–Crippen MR) is 107 cm³/mol. The smallest absolute Gasteiger partial charge is 0.409 e. The van der Waals surface area contributed by atoms with Crippen LogP contribution >= 0.6 is 0 Å². The zero-order chi connectivity index (χ0) is 20.1. The van der Waals surface area contributed by atoms with Crippen LogP contribution in [0.2, 0.25) is 0 Å². The number of amides is 1. The summed E-state index contributed by atoms with van der Waals surface area (Å²) in [4.78, 5) is 24.6. The van der Waals surface area contributed by atoms with Gasteiger partial charge >= 0.3 is 6.09 Å². The summed E-state index contributed by atoms with van der Waals surface area (Å²) in [5, 5.41) is 0. The molecule has 1 aliphatic rings. The molecule has 7 heteroatoms. The standard InChI is InChI=1S/C21H25FN4O2/c1-4-16(17-8-6-7-9-18(17)22)19-15(3)23-14-24-20(19)25-10-12-26(13-11-25)21(27)28-5-2/h4,6-9,14H,5,10-13H2,1-3H3/b16-4-. The number of aromatic nitrogens is 2. The number of anilines is 1. The summed E-state index contributed by atoms with van der Waals surface area (Å²) >= 11 is 0. The molecule has 148 valence electrons. The maximum Gasteiger partial charge on any atom is 0.409 e. The predicted octanol–water partition coefficient (Wildman–Crippen LogP) is 3.65. The number of carbonyl (C=O) groups excluding carboxylic acids is 1. The van der Waals surface area contributed by atoms with Crippen LogP contribution in [0, 0.1) is 12.7 Å². The second-order valence-corrected chi connectivity index (χ2v) is 6.51. The summed E-state index contributed by atoms with van der Waals surface area (Å²) in [5.74, 6) is 0.476. The van der Waals surface area contributed by atoms with Crippen molar-refractivity contribution in [3.8, 4) is 0 Å². The average Bonchev–Trinajstić information content (AvgIpc) is 2.71. The topological polar surface area (TPSA) is 58.6 Å². The van der Waals surface area contributed by atoms with Gasteiger partial charge in [0.1, 0.15) is 18.0 Å². The minimum Gasteiger partial charge on any atom is -0.450 e. The van der Waals surface area contributed by atoms with E-state index < -0.39 is 0 Å². The Labute approximate surface area is 164 Å². The van der Waals surface area contributed by atoms with Gasteiger partial charge in [0.15, 0.2) is 0 Å². The number of halogens is 1. The molecule has 0 unspecified atom stereocenters. The first-order valence-corrected chi connectivity index (χ1v) is 9.46. The zero-order valence-corrected chi connectivity index (χ0v) is 16.5. The third-order valence-electron chi connectivity index (χ3n) is 4.84. The third-order valence-corrected chi connectivity index (χ3v) is 4.84. The molecule has 0 atom stereocenters. The van der Waals surface area contributed by atoms with E-state index in [2.05, 4.69) is 14.9 Å². The third kappa shape index (κ3) is 3.98. The fourth-order valence-electron chi connectivity index (χ4n) is 3.45. The molecule has 2 heterocycles. The molecule has 0 bridgehead atoms. The minimum atomic E-state index is -0.290. The Balaban J connectivity index is 1.92. The van der Waals surface area contributed by atoms with Gasteiger partial charge in [-0.25, -0.2) is 19.2 Å². The highest BCUT2D eigenvalue weighted by atomic mass is 19.1. The number of ether oxygens (including phenoxy) is 1. The van der Waals surface area contributed by atoms with Crippen LogP contribution in [0.3, 0.4) is 0 Å². The monoisotopic (exact) mass is 384 g/mol. The number of hydrogen-bond acceptors (Lipinski definition) is 5. The lowest BCUT2D eigenvalue weighted by molar-refractivity contribution is 0.105. The van der Waals surface area contributed by atoms with Crippen molar-refractivity contribution >= 4 is 17.5 Å². The summed E-state index contributed by atoms with van der Waals surface area (Å²) in [7, 11) is 0. The van der Waals surface area contributed by atoms with Gasteiger partial charge < -0.3 is 14.5 Å². The van der Waals surface area contributed by atoms with Crippen LogP contribution in [0.4, 0.5) is 15.0 Å². The molecule has 1 aromatic heterocycles. The second-order valence-electron chi connectivity index (χ2n) is 6.51. The molecule has 1 aliphatic heterocycles. The lowest BCUT2D eigenvalue weighted by Crippen LogP contribution is -2.49. The summed E-state index contributed by atoms with van der Waals surface area (Å²) in [6.45, 7) is 8.29. The largest absolute Gasteiger partial charge is 0.450 e. The van der Waals surface area contributed by atoms with Crippen LogP contribution in [0.25, 0.3) is 5.57 Å². The normalized spacial score (nSPS) is 14.9. The lowest BCUT2D eigenvalue weighted by Gasteiger charge is -2.36. The highest BCUT2D eigenvalue weighted by molar-refractivity contribution is 5.86. The number of nitrogens with zero attached hydrogens (tertiary/aromatic N) is 4. The Morgan fingerprint density at radius 1 is 1.21 bits per heavy atom. The van der Waals surface area contributed by atoms with Gasteiger partial charge in [0, 0.05) is 37.3 Å². The van der Waals surface area contributed by atoms with Crippen LogP contribution in [0.15, 0.2) is 36.7 Å². The van der Waals surface area contributed by atoms with Gasteiger partial charge in [0.25, 0.3) is 0 Å². The van der Waals surface area contributed by atoms with Gasteiger partial charge in [-0.1, -0.05) is 24.3 Å². The van der Waals surface area contributed by atoms with Crippen molar-refractivity contribution in [2.24, 2.45) is 0 Å². The molecule has 1 fully saturated rings.